The largest absolute Gasteiger partial charge is 0.324 e. The van der Waals surface area contributed by atoms with Gasteiger partial charge < -0.3 is 4.48 Å². The SMILES string of the molecule is CCCCCC[N+]1(C)CCCCC1C. The lowest BCUT2D eigenvalue weighted by atomic mass is 10.00. The monoisotopic (exact) mass is 198 g/mol. The third kappa shape index (κ3) is 3.27. The summed E-state index contributed by atoms with van der Waals surface area (Å²) in [6.07, 6.45) is 10.0. The molecule has 0 bridgehead atoms. The fraction of sp³-hybridized carbons (Fsp3) is 1.00. The third-order valence-electron chi connectivity index (χ3n) is 4.13. The van der Waals surface area contributed by atoms with Gasteiger partial charge in [0.25, 0.3) is 0 Å². The minimum atomic E-state index is 0.908. The Labute approximate surface area is 90.1 Å². The number of hydrogen-bond acceptors (Lipinski definition) is 0. The van der Waals surface area contributed by atoms with Gasteiger partial charge in [-0.15, -0.1) is 0 Å². The molecule has 0 aromatic rings. The van der Waals surface area contributed by atoms with Crippen molar-refractivity contribution in [3.63, 3.8) is 0 Å². The predicted molar refractivity (Wildman–Crippen MR) is 63.4 cm³/mol. The molecule has 0 aromatic carbocycles. The third-order valence-corrected chi connectivity index (χ3v) is 4.13. The van der Waals surface area contributed by atoms with E-state index in [-0.39, 0.29) is 0 Å². The summed E-state index contributed by atoms with van der Waals surface area (Å²) in [5, 5.41) is 0. The second-order valence-corrected chi connectivity index (χ2v) is 5.33. The van der Waals surface area contributed by atoms with Gasteiger partial charge in [0.1, 0.15) is 0 Å². The molecule has 2 unspecified atom stereocenters. The lowest BCUT2D eigenvalue weighted by Gasteiger charge is -2.43. The topological polar surface area (TPSA) is 0 Å². The number of rotatable bonds is 5. The Hall–Kier alpha value is -0.0400. The van der Waals surface area contributed by atoms with Gasteiger partial charge in [-0.2, -0.15) is 0 Å². The highest BCUT2D eigenvalue weighted by molar-refractivity contribution is 4.60. The Balaban J connectivity index is 2.25. The minimum Gasteiger partial charge on any atom is -0.324 e. The molecule has 2 atom stereocenters. The molecule has 0 saturated carbocycles. The van der Waals surface area contributed by atoms with Crippen molar-refractivity contribution >= 4 is 0 Å². The fourth-order valence-electron chi connectivity index (χ4n) is 2.68. The van der Waals surface area contributed by atoms with Gasteiger partial charge in [-0.05, 0) is 39.0 Å². The molecule has 0 amide bonds. The van der Waals surface area contributed by atoms with Crippen LogP contribution in [0.1, 0.15) is 58.8 Å². The number of likely N-dealkylation sites (tertiary alicyclic amines) is 1. The zero-order chi connectivity index (χ0) is 10.4. The first-order valence-electron chi connectivity index (χ1n) is 6.53. The number of unbranched alkanes of at least 4 members (excludes halogenated alkanes) is 3. The smallest absolute Gasteiger partial charge is 0.0859 e. The highest BCUT2D eigenvalue weighted by Gasteiger charge is 2.30. The van der Waals surface area contributed by atoms with Gasteiger partial charge in [0.15, 0.2) is 0 Å². The van der Waals surface area contributed by atoms with Crippen molar-refractivity contribution < 1.29 is 4.48 Å². The molecule has 84 valence electrons. The lowest BCUT2D eigenvalue weighted by Crippen LogP contribution is -2.54. The van der Waals surface area contributed by atoms with E-state index < -0.39 is 0 Å². The van der Waals surface area contributed by atoms with Crippen molar-refractivity contribution in [3.8, 4) is 0 Å². The van der Waals surface area contributed by atoms with E-state index in [2.05, 4.69) is 20.9 Å². The number of piperidine rings is 1. The summed E-state index contributed by atoms with van der Waals surface area (Å²) in [6.45, 7) is 7.58. The molecular weight excluding hydrogens is 170 g/mol. The van der Waals surface area contributed by atoms with Crippen LogP contribution >= 0.6 is 0 Å². The number of hydrogen-bond donors (Lipinski definition) is 0. The maximum absolute atomic E-state index is 2.47. The molecule has 1 fully saturated rings. The van der Waals surface area contributed by atoms with Crippen LogP contribution in [0.5, 0.6) is 0 Å². The summed E-state index contributed by atoms with van der Waals surface area (Å²) in [6, 6.07) is 0.908. The minimum absolute atomic E-state index is 0.908. The predicted octanol–water partition coefficient (Wildman–Crippen LogP) is 3.59. The first kappa shape index (κ1) is 12.0. The second-order valence-electron chi connectivity index (χ2n) is 5.33. The van der Waals surface area contributed by atoms with E-state index in [9.17, 15) is 0 Å². The summed E-state index contributed by atoms with van der Waals surface area (Å²) in [7, 11) is 2.47. The van der Waals surface area contributed by atoms with Gasteiger partial charge in [0, 0.05) is 0 Å². The van der Waals surface area contributed by atoms with Crippen LogP contribution in [0.2, 0.25) is 0 Å². The molecule has 14 heavy (non-hydrogen) atoms. The van der Waals surface area contributed by atoms with E-state index >= 15 is 0 Å². The molecule has 0 spiro atoms. The Bertz CT molecular complexity index is 155. The summed E-state index contributed by atoms with van der Waals surface area (Å²) in [4.78, 5) is 0. The fourth-order valence-corrected chi connectivity index (χ4v) is 2.68. The molecule has 1 heterocycles. The zero-order valence-corrected chi connectivity index (χ0v) is 10.4. The Morgan fingerprint density at radius 3 is 2.57 bits per heavy atom. The summed E-state index contributed by atoms with van der Waals surface area (Å²) < 4.78 is 1.35. The first-order valence-corrected chi connectivity index (χ1v) is 6.53. The van der Waals surface area contributed by atoms with Crippen molar-refractivity contribution in [1.29, 1.82) is 0 Å². The maximum Gasteiger partial charge on any atom is 0.0859 e. The van der Waals surface area contributed by atoms with Crippen LogP contribution in [0.3, 0.4) is 0 Å². The molecule has 0 N–H and O–H groups in total. The molecule has 1 saturated heterocycles. The van der Waals surface area contributed by atoms with Gasteiger partial charge in [-0.3, -0.25) is 0 Å². The number of quaternary nitrogens is 1. The highest BCUT2D eigenvalue weighted by atomic mass is 15.4. The van der Waals surface area contributed by atoms with Crippen LogP contribution < -0.4 is 0 Å². The molecule has 1 heteroatoms. The van der Waals surface area contributed by atoms with Gasteiger partial charge in [-0.1, -0.05) is 19.8 Å². The normalized spacial score (nSPS) is 33.2. The lowest BCUT2D eigenvalue weighted by molar-refractivity contribution is -0.936. The molecule has 1 aliphatic rings. The van der Waals surface area contributed by atoms with Crippen molar-refractivity contribution in [3.05, 3.63) is 0 Å². The van der Waals surface area contributed by atoms with Crippen LogP contribution in [0.15, 0.2) is 0 Å². The number of nitrogens with zero attached hydrogens (tertiary/aromatic N) is 1. The standard InChI is InChI=1S/C13H28N/c1-4-5-6-8-11-14(3)12-9-7-10-13(14)2/h13H,4-12H2,1-3H3/q+1. The van der Waals surface area contributed by atoms with Gasteiger partial charge in [-0.25, -0.2) is 0 Å². The van der Waals surface area contributed by atoms with Gasteiger partial charge in [0.2, 0.25) is 0 Å². The average molecular weight is 198 g/mol. The highest BCUT2D eigenvalue weighted by Crippen LogP contribution is 2.24. The van der Waals surface area contributed by atoms with E-state index in [1.54, 1.807) is 0 Å². The molecule has 0 aliphatic carbocycles. The molecule has 0 radical (unpaired) electrons. The van der Waals surface area contributed by atoms with E-state index in [0.29, 0.717) is 0 Å². The summed E-state index contributed by atoms with van der Waals surface area (Å²) >= 11 is 0. The first-order chi connectivity index (χ1) is 6.69. The van der Waals surface area contributed by atoms with Crippen molar-refractivity contribution in [2.75, 3.05) is 20.1 Å². The van der Waals surface area contributed by atoms with Crippen LogP contribution in [0.4, 0.5) is 0 Å². The molecule has 1 nitrogen and oxygen atoms in total. The van der Waals surface area contributed by atoms with E-state index in [0.717, 1.165) is 6.04 Å². The van der Waals surface area contributed by atoms with Crippen LogP contribution in [-0.2, 0) is 0 Å². The Morgan fingerprint density at radius 2 is 1.93 bits per heavy atom. The van der Waals surface area contributed by atoms with Crippen molar-refractivity contribution in [2.24, 2.45) is 0 Å². The maximum atomic E-state index is 2.47. The molecule has 1 aliphatic heterocycles. The Morgan fingerprint density at radius 1 is 1.14 bits per heavy atom. The van der Waals surface area contributed by atoms with Gasteiger partial charge >= 0.3 is 0 Å². The molecular formula is C13H28N+. The van der Waals surface area contributed by atoms with Crippen LogP contribution in [0, 0.1) is 0 Å². The van der Waals surface area contributed by atoms with Gasteiger partial charge in [0.05, 0.1) is 26.2 Å². The van der Waals surface area contributed by atoms with Crippen LogP contribution in [-0.4, -0.2) is 30.7 Å². The van der Waals surface area contributed by atoms with E-state index in [1.807, 2.05) is 0 Å². The quantitative estimate of drug-likeness (QED) is 0.468. The second kappa shape index (κ2) is 5.75. The summed E-state index contributed by atoms with van der Waals surface area (Å²) in [5.74, 6) is 0. The summed E-state index contributed by atoms with van der Waals surface area (Å²) in [5.41, 5.74) is 0. The van der Waals surface area contributed by atoms with Crippen molar-refractivity contribution in [2.45, 2.75) is 64.8 Å². The average Bonchev–Trinajstić information content (AvgIpc) is 2.18. The zero-order valence-electron chi connectivity index (χ0n) is 10.4. The van der Waals surface area contributed by atoms with E-state index in [4.69, 9.17) is 0 Å². The molecule has 1 rings (SSSR count). The van der Waals surface area contributed by atoms with Crippen molar-refractivity contribution in [1.82, 2.24) is 0 Å². The Kier molecular flexibility index (Phi) is 4.94. The molecule has 0 aromatic heterocycles. The van der Waals surface area contributed by atoms with Crippen LogP contribution in [0.25, 0.3) is 0 Å². The van der Waals surface area contributed by atoms with E-state index in [1.165, 1.54) is 62.5 Å².